The summed E-state index contributed by atoms with van der Waals surface area (Å²) in [6.07, 6.45) is 0. The average Bonchev–Trinajstić information content (AvgIpc) is 3.47. The van der Waals surface area contributed by atoms with Crippen molar-refractivity contribution in [2.24, 2.45) is 0 Å². The van der Waals surface area contributed by atoms with E-state index in [0.29, 0.717) is 17.4 Å². The summed E-state index contributed by atoms with van der Waals surface area (Å²) in [5.74, 6) is 1.17. The number of hydrazine groups is 1. The van der Waals surface area contributed by atoms with Crippen molar-refractivity contribution >= 4 is 50.3 Å². The SMILES string of the molecule is COc1cc(N(C)CCN(C)C)c(N)cc1Nc1nc(C2NN(C)c3ccccc32)c2sccc2n1. The number of hydrogen-bond donors (Lipinski definition) is 3. The average molecular weight is 505 g/mol. The van der Waals surface area contributed by atoms with Crippen LogP contribution in [0.2, 0.25) is 0 Å². The first-order valence-corrected chi connectivity index (χ1v) is 12.7. The van der Waals surface area contributed by atoms with Crippen molar-refractivity contribution < 1.29 is 4.74 Å². The second-order valence-electron chi connectivity index (χ2n) is 9.21. The van der Waals surface area contributed by atoms with Gasteiger partial charge in [0.25, 0.3) is 0 Å². The molecule has 3 heterocycles. The number of rotatable bonds is 8. The smallest absolute Gasteiger partial charge is 0.228 e. The van der Waals surface area contributed by atoms with Crippen LogP contribution in [-0.2, 0) is 0 Å². The molecule has 0 amide bonds. The van der Waals surface area contributed by atoms with Crippen LogP contribution in [0.4, 0.5) is 28.7 Å². The molecule has 188 valence electrons. The zero-order chi connectivity index (χ0) is 25.4. The fourth-order valence-electron chi connectivity index (χ4n) is 4.49. The summed E-state index contributed by atoms with van der Waals surface area (Å²) < 4.78 is 6.79. The Balaban J connectivity index is 1.50. The lowest BCUT2D eigenvalue weighted by molar-refractivity contribution is 0.413. The Labute approximate surface area is 215 Å². The molecule has 0 aliphatic carbocycles. The topological polar surface area (TPSA) is 94.8 Å². The second kappa shape index (κ2) is 9.81. The Morgan fingerprint density at radius 3 is 2.72 bits per heavy atom. The number of thiophene rings is 1. The monoisotopic (exact) mass is 504 g/mol. The quantitative estimate of drug-likeness (QED) is 0.307. The van der Waals surface area contributed by atoms with Gasteiger partial charge in [-0.15, -0.1) is 11.3 Å². The van der Waals surface area contributed by atoms with Crippen molar-refractivity contribution in [2.75, 3.05) is 69.3 Å². The van der Waals surface area contributed by atoms with E-state index >= 15 is 0 Å². The van der Waals surface area contributed by atoms with E-state index in [2.05, 4.69) is 52.8 Å². The van der Waals surface area contributed by atoms with Crippen LogP contribution < -0.4 is 31.1 Å². The van der Waals surface area contributed by atoms with Crippen LogP contribution in [0.1, 0.15) is 17.3 Å². The van der Waals surface area contributed by atoms with Gasteiger partial charge in [0.2, 0.25) is 5.95 Å². The minimum Gasteiger partial charge on any atom is -0.494 e. The lowest BCUT2D eigenvalue weighted by atomic mass is 10.0. The molecule has 36 heavy (non-hydrogen) atoms. The molecule has 4 aromatic rings. The fourth-order valence-corrected chi connectivity index (χ4v) is 5.34. The second-order valence-corrected chi connectivity index (χ2v) is 10.1. The molecule has 0 spiro atoms. The highest BCUT2D eigenvalue weighted by Gasteiger charge is 2.30. The molecule has 2 aromatic heterocycles. The summed E-state index contributed by atoms with van der Waals surface area (Å²) >= 11 is 1.65. The third-order valence-corrected chi connectivity index (χ3v) is 7.35. The van der Waals surface area contributed by atoms with E-state index in [1.807, 2.05) is 48.7 Å². The van der Waals surface area contributed by atoms with Crippen LogP contribution in [0, 0.1) is 0 Å². The Bertz CT molecular complexity index is 1390. The number of aromatic nitrogens is 2. The molecule has 0 saturated carbocycles. The van der Waals surface area contributed by atoms with Gasteiger partial charge in [-0.1, -0.05) is 18.2 Å². The minimum atomic E-state index is -0.0735. The molecule has 0 saturated heterocycles. The van der Waals surface area contributed by atoms with Crippen LogP contribution in [-0.4, -0.2) is 63.3 Å². The summed E-state index contributed by atoms with van der Waals surface area (Å²) in [4.78, 5) is 14.0. The molecule has 10 heteroatoms. The maximum absolute atomic E-state index is 6.47. The first-order valence-electron chi connectivity index (χ1n) is 11.8. The van der Waals surface area contributed by atoms with Crippen molar-refractivity contribution in [1.29, 1.82) is 0 Å². The number of nitrogens with one attached hydrogen (secondary N) is 2. The van der Waals surface area contributed by atoms with E-state index in [-0.39, 0.29) is 6.04 Å². The number of nitrogen functional groups attached to an aromatic ring is 1. The molecule has 2 aromatic carbocycles. The maximum Gasteiger partial charge on any atom is 0.228 e. The van der Waals surface area contributed by atoms with Gasteiger partial charge in [-0.25, -0.2) is 15.4 Å². The Morgan fingerprint density at radius 2 is 1.94 bits per heavy atom. The van der Waals surface area contributed by atoms with Gasteiger partial charge < -0.3 is 30.6 Å². The molecule has 0 fully saturated rings. The van der Waals surface area contributed by atoms with Gasteiger partial charge in [0.05, 0.1) is 51.8 Å². The first kappa shape index (κ1) is 24.1. The largest absolute Gasteiger partial charge is 0.494 e. The molecular formula is C26H32N8OS. The van der Waals surface area contributed by atoms with E-state index < -0.39 is 0 Å². The molecule has 9 nitrogen and oxygen atoms in total. The number of likely N-dealkylation sites (N-methyl/N-ethyl adjacent to an activating group) is 2. The van der Waals surface area contributed by atoms with Gasteiger partial charge in [-0.05, 0) is 37.7 Å². The summed E-state index contributed by atoms with van der Waals surface area (Å²) in [6, 6.07) is 14.2. The number of anilines is 5. The van der Waals surface area contributed by atoms with Crippen molar-refractivity contribution in [3.8, 4) is 5.75 Å². The standard InChI is InChI=1S/C26H32N8OS/c1-32(2)11-12-33(3)21-15-22(35-5)19(14-17(21)27)29-26-28-18-10-13-36-25(18)24(30-26)23-16-8-6-7-9-20(16)34(4)31-23/h6-10,13-15,23,31H,11-12,27H2,1-5H3,(H,28,29,30). The van der Waals surface area contributed by atoms with E-state index in [4.69, 9.17) is 20.4 Å². The third-order valence-electron chi connectivity index (χ3n) is 6.42. The summed E-state index contributed by atoms with van der Waals surface area (Å²) in [5.41, 5.74) is 16.5. The highest BCUT2D eigenvalue weighted by molar-refractivity contribution is 7.17. The van der Waals surface area contributed by atoms with E-state index in [1.165, 1.54) is 5.56 Å². The molecule has 0 radical (unpaired) electrons. The van der Waals surface area contributed by atoms with E-state index in [0.717, 1.165) is 46.1 Å². The highest BCUT2D eigenvalue weighted by Crippen LogP contribution is 2.40. The molecule has 5 rings (SSSR count). The number of methoxy groups -OCH3 is 1. The van der Waals surface area contributed by atoms with Crippen molar-refractivity contribution in [2.45, 2.75) is 6.04 Å². The van der Waals surface area contributed by atoms with Crippen molar-refractivity contribution in [3.63, 3.8) is 0 Å². The van der Waals surface area contributed by atoms with Crippen LogP contribution in [0.15, 0.2) is 47.8 Å². The molecule has 1 unspecified atom stereocenters. The van der Waals surface area contributed by atoms with Crippen LogP contribution >= 0.6 is 11.3 Å². The first-order chi connectivity index (χ1) is 17.4. The summed E-state index contributed by atoms with van der Waals surface area (Å²) in [6.45, 7) is 1.77. The number of para-hydroxylation sites is 1. The Hall–Kier alpha value is -3.60. The molecule has 1 aliphatic heterocycles. The van der Waals surface area contributed by atoms with Crippen LogP contribution in [0.25, 0.3) is 10.2 Å². The molecule has 0 bridgehead atoms. The number of fused-ring (bicyclic) bond motifs is 2. The lowest BCUT2D eigenvalue weighted by Gasteiger charge is -2.24. The van der Waals surface area contributed by atoms with E-state index in [9.17, 15) is 0 Å². The molecule has 1 atom stereocenters. The van der Waals surface area contributed by atoms with Crippen molar-refractivity contribution in [3.05, 3.63) is 59.1 Å². The number of benzene rings is 2. The molecule has 4 N–H and O–H groups in total. The van der Waals surface area contributed by atoms with Gasteiger partial charge >= 0.3 is 0 Å². The number of nitrogens with zero attached hydrogens (tertiary/aromatic N) is 5. The fraction of sp³-hybridized carbons (Fsp3) is 0.308. The van der Waals surface area contributed by atoms with Gasteiger partial charge in [0.1, 0.15) is 5.75 Å². The molecule has 1 aliphatic rings. The maximum atomic E-state index is 6.47. The zero-order valence-corrected chi connectivity index (χ0v) is 22.1. The Morgan fingerprint density at radius 1 is 1.14 bits per heavy atom. The minimum absolute atomic E-state index is 0.0735. The van der Waals surface area contributed by atoms with Crippen LogP contribution in [0.5, 0.6) is 5.75 Å². The summed E-state index contributed by atoms with van der Waals surface area (Å²) in [7, 11) is 9.83. The predicted octanol–water partition coefficient (Wildman–Crippen LogP) is 4.07. The lowest BCUT2D eigenvalue weighted by Crippen LogP contribution is -2.31. The normalized spacial score (nSPS) is 14.9. The van der Waals surface area contributed by atoms with Gasteiger partial charge in [-0.3, -0.25) is 0 Å². The molecular weight excluding hydrogens is 472 g/mol. The number of ether oxygens (including phenoxy) is 1. The number of nitrogens with two attached hydrogens (primary N) is 1. The predicted molar refractivity (Wildman–Crippen MR) is 150 cm³/mol. The summed E-state index contributed by atoms with van der Waals surface area (Å²) in [5, 5.41) is 7.47. The van der Waals surface area contributed by atoms with Gasteiger partial charge in [0.15, 0.2) is 0 Å². The van der Waals surface area contributed by atoms with Gasteiger partial charge in [0, 0.05) is 38.8 Å². The Kier molecular flexibility index (Phi) is 6.57. The highest BCUT2D eigenvalue weighted by atomic mass is 32.1. The van der Waals surface area contributed by atoms with Crippen LogP contribution in [0.3, 0.4) is 0 Å². The third kappa shape index (κ3) is 4.50. The van der Waals surface area contributed by atoms with Crippen molar-refractivity contribution in [1.82, 2.24) is 20.3 Å². The van der Waals surface area contributed by atoms with Gasteiger partial charge in [-0.2, -0.15) is 0 Å². The number of hydrogen-bond acceptors (Lipinski definition) is 10. The van der Waals surface area contributed by atoms with E-state index in [1.54, 1.807) is 18.4 Å². The zero-order valence-electron chi connectivity index (χ0n) is 21.2.